The molecular weight excluding hydrogens is 417 g/mol. The zero-order valence-corrected chi connectivity index (χ0v) is 18.9. The summed E-state index contributed by atoms with van der Waals surface area (Å²) in [5, 5.41) is 9.44. The molecule has 8 heteroatoms. The van der Waals surface area contributed by atoms with Crippen molar-refractivity contribution in [2.75, 3.05) is 26.0 Å². The Bertz CT molecular complexity index is 1420. The summed E-state index contributed by atoms with van der Waals surface area (Å²) < 4.78 is 15.7. The van der Waals surface area contributed by atoms with Gasteiger partial charge >= 0.3 is 0 Å². The van der Waals surface area contributed by atoms with Gasteiger partial charge in [0.05, 0.1) is 18.1 Å². The van der Waals surface area contributed by atoms with Crippen LogP contribution >= 0.6 is 0 Å². The van der Waals surface area contributed by atoms with Crippen molar-refractivity contribution in [3.8, 4) is 11.3 Å². The van der Waals surface area contributed by atoms with Gasteiger partial charge in [0.25, 0.3) is 0 Å². The van der Waals surface area contributed by atoms with E-state index in [0.29, 0.717) is 11.3 Å². The van der Waals surface area contributed by atoms with E-state index < -0.39 is 5.82 Å². The predicted molar refractivity (Wildman–Crippen MR) is 129 cm³/mol. The van der Waals surface area contributed by atoms with E-state index in [1.54, 1.807) is 12.4 Å². The van der Waals surface area contributed by atoms with Crippen LogP contribution in [0, 0.1) is 12.7 Å². The van der Waals surface area contributed by atoms with Gasteiger partial charge in [0.2, 0.25) is 0 Å². The summed E-state index contributed by atoms with van der Waals surface area (Å²) in [5.74, 6) is 0.415. The third kappa shape index (κ3) is 4.29. The van der Waals surface area contributed by atoms with Crippen LogP contribution in [0.25, 0.3) is 27.8 Å². The molecule has 4 aromatic heterocycles. The molecule has 0 unspecified atom stereocenters. The topological polar surface area (TPSA) is 74.1 Å². The molecule has 7 nitrogen and oxygen atoms in total. The van der Waals surface area contributed by atoms with E-state index in [1.165, 1.54) is 23.2 Å². The van der Waals surface area contributed by atoms with Gasteiger partial charge in [0, 0.05) is 53.1 Å². The Morgan fingerprint density at radius 3 is 2.82 bits per heavy atom. The summed E-state index contributed by atoms with van der Waals surface area (Å²) in [6.07, 6.45) is 7.52. The van der Waals surface area contributed by atoms with Gasteiger partial charge in [0.1, 0.15) is 11.6 Å². The van der Waals surface area contributed by atoms with Crippen LogP contribution in [0.4, 0.5) is 10.2 Å². The Kier molecular flexibility index (Phi) is 5.51. The van der Waals surface area contributed by atoms with E-state index in [2.05, 4.69) is 63.8 Å². The molecule has 168 valence electrons. The fourth-order valence-electron chi connectivity index (χ4n) is 4.25. The monoisotopic (exact) mass is 443 g/mol. The molecule has 5 aromatic rings. The van der Waals surface area contributed by atoms with Gasteiger partial charge in [-0.2, -0.15) is 9.61 Å². The van der Waals surface area contributed by atoms with E-state index in [9.17, 15) is 4.39 Å². The number of para-hydroxylation sites is 1. The number of aryl methyl sites for hydroxylation is 1. The number of halogens is 1. The minimum Gasteiger partial charge on any atom is -0.366 e. The lowest BCUT2D eigenvalue weighted by atomic mass is 10.0. The Morgan fingerprint density at radius 1 is 1.15 bits per heavy atom. The van der Waals surface area contributed by atoms with Gasteiger partial charge in [-0.3, -0.25) is 4.98 Å². The summed E-state index contributed by atoms with van der Waals surface area (Å²) >= 11 is 0. The molecule has 0 saturated heterocycles. The molecule has 33 heavy (non-hydrogen) atoms. The molecule has 0 bridgehead atoms. The van der Waals surface area contributed by atoms with Crippen molar-refractivity contribution in [3.63, 3.8) is 0 Å². The van der Waals surface area contributed by atoms with Crippen LogP contribution in [0.2, 0.25) is 0 Å². The van der Waals surface area contributed by atoms with E-state index in [1.807, 2.05) is 23.6 Å². The number of fused-ring (bicyclic) bond motifs is 2. The first-order chi connectivity index (χ1) is 16.0. The highest BCUT2D eigenvalue weighted by Gasteiger charge is 2.18. The summed E-state index contributed by atoms with van der Waals surface area (Å²) in [7, 11) is 4.13. The minimum atomic E-state index is -0.390. The molecule has 5 rings (SSSR count). The molecule has 0 spiro atoms. The van der Waals surface area contributed by atoms with Crippen molar-refractivity contribution in [2.24, 2.45) is 0 Å². The number of aromatic amines is 1. The number of pyridine rings is 1. The molecule has 1 atom stereocenters. The predicted octanol–water partition coefficient (Wildman–Crippen LogP) is 4.30. The molecule has 0 aliphatic carbocycles. The standard InChI is InChI=1S/C25H26FN7/c1-16-11-29-33-24(10-23(31-25(16)33)18-8-19(26)14-27-12-18)30-20(15-32(2)3)9-17-13-28-22-7-5-4-6-21(17)22/h4-8,10-14,20,28,30H,9,15H2,1-3H3/t20-/m0/s1. The van der Waals surface area contributed by atoms with Crippen molar-refractivity contribution in [3.05, 3.63) is 78.1 Å². The number of anilines is 1. The quantitative estimate of drug-likeness (QED) is 0.392. The van der Waals surface area contributed by atoms with E-state index in [-0.39, 0.29) is 6.04 Å². The SMILES string of the molecule is Cc1cnn2c(N[C@@H](Cc3c[nH]c4ccccc34)CN(C)C)cc(-c3cncc(F)c3)nc12. The number of hydrogen-bond acceptors (Lipinski definition) is 5. The minimum absolute atomic E-state index is 0.104. The summed E-state index contributed by atoms with van der Waals surface area (Å²) in [4.78, 5) is 14.3. The maximum atomic E-state index is 13.8. The van der Waals surface area contributed by atoms with Crippen molar-refractivity contribution in [2.45, 2.75) is 19.4 Å². The smallest absolute Gasteiger partial charge is 0.160 e. The number of likely N-dealkylation sites (N-methyl/N-ethyl adjacent to an activating group) is 1. The first-order valence-corrected chi connectivity index (χ1v) is 10.9. The maximum absolute atomic E-state index is 13.8. The largest absolute Gasteiger partial charge is 0.366 e. The molecule has 0 amide bonds. The van der Waals surface area contributed by atoms with Gasteiger partial charge < -0.3 is 15.2 Å². The van der Waals surface area contributed by atoms with Crippen LogP contribution in [0.1, 0.15) is 11.1 Å². The summed E-state index contributed by atoms with van der Waals surface area (Å²) in [6.45, 7) is 2.79. The fraction of sp³-hybridized carbons (Fsp3) is 0.240. The Labute approximate surface area is 191 Å². The normalized spacial score (nSPS) is 12.6. The average Bonchev–Trinajstić information content (AvgIpc) is 3.37. The summed E-state index contributed by atoms with van der Waals surface area (Å²) in [5.41, 5.74) is 5.34. The van der Waals surface area contributed by atoms with Crippen LogP contribution in [0.15, 0.2) is 61.2 Å². The number of nitrogens with one attached hydrogen (secondary N) is 2. The zero-order chi connectivity index (χ0) is 22.9. The molecule has 0 saturated carbocycles. The van der Waals surface area contributed by atoms with Crippen LogP contribution in [0.3, 0.4) is 0 Å². The van der Waals surface area contributed by atoms with Crippen LogP contribution in [0.5, 0.6) is 0 Å². The van der Waals surface area contributed by atoms with Crippen molar-refractivity contribution >= 4 is 22.4 Å². The second kappa shape index (κ2) is 8.63. The highest BCUT2D eigenvalue weighted by Crippen LogP contribution is 2.25. The maximum Gasteiger partial charge on any atom is 0.160 e. The lowest BCUT2D eigenvalue weighted by Gasteiger charge is -2.24. The average molecular weight is 444 g/mol. The number of hydrogen-bond donors (Lipinski definition) is 2. The first-order valence-electron chi connectivity index (χ1n) is 10.9. The zero-order valence-electron chi connectivity index (χ0n) is 18.9. The van der Waals surface area contributed by atoms with Gasteiger partial charge in [0.15, 0.2) is 5.65 Å². The lowest BCUT2D eigenvalue weighted by molar-refractivity contribution is 0.381. The van der Waals surface area contributed by atoms with Gasteiger partial charge in [-0.1, -0.05) is 18.2 Å². The highest BCUT2D eigenvalue weighted by atomic mass is 19.1. The second-order valence-electron chi connectivity index (χ2n) is 8.65. The molecule has 1 aromatic carbocycles. The Balaban J connectivity index is 1.54. The molecule has 0 aliphatic rings. The fourth-order valence-corrected chi connectivity index (χ4v) is 4.25. The molecule has 4 heterocycles. The molecule has 0 fully saturated rings. The van der Waals surface area contributed by atoms with Crippen LogP contribution in [-0.4, -0.2) is 56.1 Å². The molecule has 2 N–H and O–H groups in total. The third-order valence-electron chi connectivity index (χ3n) is 5.73. The van der Waals surface area contributed by atoms with Crippen LogP contribution in [-0.2, 0) is 6.42 Å². The Morgan fingerprint density at radius 2 is 2.00 bits per heavy atom. The van der Waals surface area contributed by atoms with Crippen molar-refractivity contribution in [1.82, 2.24) is 29.5 Å². The summed E-state index contributed by atoms with van der Waals surface area (Å²) in [6, 6.07) is 11.8. The van der Waals surface area contributed by atoms with E-state index >= 15 is 0 Å². The lowest BCUT2D eigenvalue weighted by Crippen LogP contribution is -2.34. The molecule has 0 aliphatic heterocycles. The van der Waals surface area contributed by atoms with E-state index in [0.717, 1.165) is 35.5 Å². The van der Waals surface area contributed by atoms with Crippen molar-refractivity contribution in [1.29, 1.82) is 0 Å². The molecule has 0 radical (unpaired) electrons. The highest BCUT2D eigenvalue weighted by molar-refractivity contribution is 5.83. The van der Waals surface area contributed by atoms with Gasteiger partial charge in [-0.25, -0.2) is 9.37 Å². The number of H-pyrrole nitrogens is 1. The third-order valence-corrected chi connectivity index (χ3v) is 5.73. The van der Waals surface area contributed by atoms with Crippen molar-refractivity contribution < 1.29 is 4.39 Å². The van der Waals surface area contributed by atoms with Gasteiger partial charge in [-0.15, -0.1) is 0 Å². The first kappa shape index (κ1) is 21.1. The van der Waals surface area contributed by atoms with Gasteiger partial charge in [-0.05, 0) is 45.1 Å². The number of nitrogens with zero attached hydrogens (tertiary/aromatic N) is 5. The number of benzene rings is 1. The number of aromatic nitrogens is 5. The number of rotatable bonds is 7. The van der Waals surface area contributed by atoms with E-state index in [4.69, 9.17) is 4.98 Å². The Hall–Kier alpha value is -3.78. The molecular formula is C25H26FN7. The second-order valence-corrected chi connectivity index (χ2v) is 8.65. The van der Waals surface area contributed by atoms with Crippen LogP contribution < -0.4 is 5.32 Å².